The van der Waals surface area contributed by atoms with E-state index in [1.807, 2.05) is 57.2 Å². The van der Waals surface area contributed by atoms with Crippen LogP contribution in [0.3, 0.4) is 0 Å². The van der Waals surface area contributed by atoms with Gasteiger partial charge in [-0.3, -0.25) is 14.4 Å². The zero-order chi connectivity index (χ0) is 26.4. The molecule has 1 unspecified atom stereocenters. The van der Waals surface area contributed by atoms with Crippen LogP contribution in [0.1, 0.15) is 43.7 Å². The number of para-hydroxylation sites is 1. The number of hydrogen-bond acceptors (Lipinski definition) is 6. The van der Waals surface area contributed by atoms with Gasteiger partial charge in [-0.2, -0.15) is 0 Å². The van der Waals surface area contributed by atoms with Gasteiger partial charge in [0, 0.05) is 25.4 Å². The Bertz CT molecular complexity index is 1140. The summed E-state index contributed by atoms with van der Waals surface area (Å²) in [5.74, 6) is -2.61. The largest absolute Gasteiger partial charge is 0.461 e. The molecule has 2 amide bonds. The molecule has 5 rings (SSSR count). The molecule has 0 aromatic heterocycles. The van der Waals surface area contributed by atoms with Gasteiger partial charge < -0.3 is 24.4 Å². The number of carbonyl (C=O) groups excluding carboxylic acids is 3. The van der Waals surface area contributed by atoms with E-state index in [0.29, 0.717) is 25.9 Å². The molecule has 0 bridgehead atoms. The lowest BCUT2D eigenvalue weighted by Crippen LogP contribution is -2.56. The van der Waals surface area contributed by atoms with E-state index in [2.05, 4.69) is 0 Å². The van der Waals surface area contributed by atoms with Crippen LogP contribution in [0.25, 0.3) is 0 Å². The number of nitrogens with zero attached hydrogens (tertiary/aromatic N) is 2. The first-order chi connectivity index (χ1) is 17.7. The summed E-state index contributed by atoms with van der Waals surface area (Å²) in [6, 6.07) is 5.03. The minimum Gasteiger partial charge on any atom is -0.461 e. The van der Waals surface area contributed by atoms with E-state index < -0.39 is 35.0 Å². The Kier molecular flexibility index (Phi) is 6.75. The first-order valence-electron chi connectivity index (χ1n) is 13.3. The van der Waals surface area contributed by atoms with Crippen molar-refractivity contribution in [2.45, 2.75) is 63.7 Å². The third-order valence-electron chi connectivity index (χ3n) is 8.33. The maximum Gasteiger partial charge on any atom is 0.313 e. The average molecular weight is 509 g/mol. The highest BCUT2D eigenvalue weighted by Gasteiger charge is 2.74. The van der Waals surface area contributed by atoms with Gasteiger partial charge in [0.15, 0.2) is 0 Å². The zero-order valence-corrected chi connectivity index (χ0v) is 21.8. The molecular formula is C29H36N2O6. The van der Waals surface area contributed by atoms with Gasteiger partial charge in [-0.15, -0.1) is 0 Å². The Morgan fingerprint density at radius 1 is 0.973 bits per heavy atom. The molecule has 1 N–H and O–H groups in total. The Hall–Kier alpha value is -2.97. The van der Waals surface area contributed by atoms with Crippen LogP contribution in [0.5, 0.6) is 0 Å². The summed E-state index contributed by atoms with van der Waals surface area (Å²) in [5.41, 5.74) is 0.462. The third-order valence-corrected chi connectivity index (χ3v) is 8.33. The molecule has 0 radical (unpaired) electrons. The Morgan fingerprint density at radius 3 is 2.43 bits per heavy atom. The molecule has 8 heteroatoms. The number of hydrogen-bond donors (Lipinski definition) is 1. The smallest absolute Gasteiger partial charge is 0.313 e. The van der Waals surface area contributed by atoms with E-state index in [1.54, 1.807) is 15.9 Å². The number of likely N-dealkylation sites (tertiary alicyclic amines) is 1. The van der Waals surface area contributed by atoms with Gasteiger partial charge in [0.2, 0.25) is 5.91 Å². The molecule has 4 aliphatic heterocycles. The zero-order valence-electron chi connectivity index (χ0n) is 21.8. The summed E-state index contributed by atoms with van der Waals surface area (Å²) < 4.78 is 12.2. The summed E-state index contributed by atoms with van der Waals surface area (Å²) in [6.07, 6.45) is 10.4. The van der Waals surface area contributed by atoms with E-state index >= 15 is 0 Å². The maximum absolute atomic E-state index is 14.5. The molecule has 2 saturated heterocycles. The van der Waals surface area contributed by atoms with Gasteiger partial charge in [0.05, 0.1) is 11.5 Å². The number of esters is 1. The monoisotopic (exact) mass is 508 g/mol. The predicted molar refractivity (Wildman–Crippen MR) is 138 cm³/mol. The fourth-order valence-corrected chi connectivity index (χ4v) is 6.77. The summed E-state index contributed by atoms with van der Waals surface area (Å²) in [7, 11) is 0. The number of aryl methyl sites for hydroxylation is 2. The minimum absolute atomic E-state index is 0.133. The highest BCUT2D eigenvalue weighted by molar-refractivity contribution is 6.06. The fraction of sp³-hybridized carbons (Fsp3) is 0.552. The highest BCUT2D eigenvalue weighted by atomic mass is 16.6. The van der Waals surface area contributed by atoms with Crippen molar-refractivity contribution in [2.75, 3.05) is 31.2 Å². The van der Waals surface area contributed by atoms with Crippen LogP contribution >= 0.6 is 0 Å². The molecule has 8 nitrogen and oxygen atoms in total. The van der Waals surface area contributed by atoms with Crippen LogP contribution in [0.2, 0.25) is 0 Å². The van der Waals surface area contributed by atoms with Crippen LogP contribution in [-0.4, -0.2) is 71.3 Å². The number of ether oxygens (including phenoxy) is 2. The van der Waals surface area contributed by atoms with Gasteiger partial charge in [0.25, 0.3) is 5.91 Å². The van der Waals surface area contributed by atoms with Crippen molar-refractivity contribution in [2.24, 2.45) is 11.8 Å². The Balaban J connectivity index is 1.59. The van der Waals surface area contributed by atoms with Crippen molar-refractivity contribution in [3.8, 4) is 0 Å². The maximum atomic E-state index is 14.5. The SMILES string of the molecule is Cc1cccc(C)c1N1CC=C[C@]23O[C@]4(C)C=CCOC(=O)[C@@H]4[C@H]2C(=O)N(CCCCCCO)C3C1=O. The van der Waals surface area contributed by atoms with E-state index in [0.717, 1.165) is 29.7 Å². The van der Waals surface area contributed by atoms with Gasteiger partial charge in [-0.1, -0.05) is 49.3 Å². The Labute approximate surface area is 217 Å². The molecule has 0 aliphatic carbocycles. The summed E-state index contributed by atoms with van der Waals surface area (Å²) >= 11 is 0. The second-order valence-electron chi connectivity index (χ2n) is 10.8. The number of fused-ring (bicyclic) bond motifs is 2. The first kappa shape index (κ1) is 25.7. The minimum atomic E-state index is -1.27. The summed E-state index contributed by atoms with van der Waals surface area (Å²) in [4.78, 5) is 45.2. The van der Waals surface area contributed by atoms with E-state index in [-0.39, 0.29) is 25.0 Å². The number of anilines is 1. The van der Waals surface area contributed by atoms with Crippen LogP contribution < -0.4 is 4.90 Å². The standard InChI is InChI=1S/C29H36N2O6/c1-19-11-8-12-20(2)23(19)30-16-9-14-29-21(22-27(35)36-18-10-13-28(22,3)37-29)25(33)31(24(29)26(30)34)15-6-4-5-7-17-32/h8-14,21-22,24,32H,4-7,15-18H2,1-3H3/t21-,22-,24?,28+,29-/m0/s1. The molecule has 2 fully saturated rings. The number of aliphatic hydroxyl groups excluding tert-OH is 1. The van der Waals surface area contributed by atoms with Crippen molar-refractivity contribution in [3.63, 3.8) is 0 Å². The van der Waals surface area contributed by atoms with Crippen molar-refractivity contribution < 1.29 is 29.0 Å². The number of unbranched alkanes of at least 4 members (excludes halogenated alkanes) is 3. The molecule has 1 spiro atoms. The van der Waals surface area contributed by atoms with Crippen LogP contribution in [0.4, 0.5) is 5.69 Å². The van der Waals surface area contributed by atoms with Gasteiger partial charge in [-0.25, -0.2) is 0 Å². The lowest BCUT2D eigenvalue weighted by atomic mass is 9.75. The van der Waals surface area contributed by atoms with Gasteiger partial charge in [-0.05, 0) is 50.8 Å². The molecule has 1 aromatic carbocycles. The molecule has 0 saturated carbocycles. The van der Waals surface area contributed by atoms with E-state index in [1.165, 1.54) is 0 Å². The van der Waals surface area contributed by atoms with Crippen molar-refractivity contribution >= 4 is 23.5 Å². The summed E-state index contributed by atoms with van der Waals surface area (Å²) in [5, 5.41) is 9.12. The lowest BCUT2D eigenvalue weighted by Gasteiger charge is -2.37. The summed E-state index contributed by atoms with van der Waals surface area (Å²) in [6.45, 7) is 6.76. The fourth-order valence-electron chi connectivity index (χ4n) is 6.77. The molecule has 37 heavy (non-hydrogen) atoms. The van der Waals surface area contributed by atoms with Crippen LogP contribution in [-0.2, 0) is 23.9 Å². The van der Waals surface area contributed by atoms with Crippen molar-refractivity contribution in [1.29, 1.82) is 0 Å². The van der Waals surface area contributed by atoms with Crippen LogP contribution in [0.15, 0.2) is 42.5 Å². The molecule has 1 aromatic rings. The van der Waals surface area contributed by atoms with Crippen molar-refractivity contribution in [1.82, 2.24) is 4.90 Å². The average Bonchev–Trinajstić information content (AvgIpc) is 3.10. The first-order valence-corrected chi connectivity index (χ1v) is 13.3. The van der Waals surface area contributed by atoms with E-state index in [4.69, 9.17) is 14.6 Å². The molecule has 4 aliphatic rings. The van der Waals surface area contributed by atoms with Gasteiger partial charge in [0.1, 0.15) is 24.2 Å². The topological polar surface area (TPSA) is 96.4 Å². The van der Waals surface area contributed by atoms with Crippen molar-refractivity contribution in [3.05, 3.63) is 53.6 Å². The number of rotatable bonds is 7. The predicted octanol–water partition coefficient (Wildman–Crippen LogP) is 2.84. The quantitative estimate of drug-likeness (QED) is 0.346. The Morgan fingerprint density at radius 2 is 1.70 bits per heavy atom. The number of aliphatic hydroxyl groups is 1. The number of benzene rings is 1. The number of carbonyl (C=O) groups is 3. The third kappa shape index (κ3) is 4.01. The highest BCUT2D eigenvalue weighted by Crippen LogP contribution is 2.57. The second-order valence-corrected chi connectivity index (χ2v) is 10.8. The van der Waals surface area contributed by atoms with Crippen LogP contribution in [0, 0.1) is 25.7 Å². The molecule has 4 heterocycles. The lowest BCUT2D eigenvalue weighted by molar-refractivity contribution is -0.156. The molecule has 5 atom stereocenters. The molecule has 198 valence electrons. The second kappa shape index (κ2) is 9.72. The van der Waals surface area contributed by atoms with Gasteiger partial charge >= 0.3 is 5.97 Å². The number of amides is 2. The van der Waals surface area contributed by atoms with E-state index in [9.17, 15) is 14.4 Å². The molecular weight excluding hydrogens is 472 g/mol. The normalized spacial score (nSPS) is 32.6. The number of cyclic esters (lactones) is 1.